The molecule has 0 atom stereocenters. The van der Waals surface area contributed by atoms with Crippen LogP contribution in [-0.2, 0) is 6.61 Å². The molecule has 2 aromatic carbocycles. The van der Waals surface area contributed by atoms with Crippen molar-refractivity contribution in [2.45, 2.75) is 39.2 Å². The Labute approximate surface area is 174 Å². The van der Waals surface area contributed by atoms with Crippen molar-refractivity contribution in [2.75, 3.05) is 13.7 Å². The molecule has 30 heavy (non-hydrogen) atoms. The molecule has 2 aromatic rings. The minimum Gasteiger partial charge on any atom is -0.497 e. The third kappa shape index (κ3) is 5.26. The van der Waals surface area contributed by atoms with Crippen molar-refractivity contribution in [1.82, 2.24) is 5.32 Å². The number of ether oxygens (including phenoxy) is 2. The predicted octanol–water partition coefficient (Wildman–Crippen LogP) is 5.25. The van der Waals surface area contributed by atoms with E-state index in [2.05, 4.69) is 12.2 Å². The van der Waals surface area contributed by atoms with E-state index < -0.39 is 34.7 Å². The van der Waals surface area contributed by atoms with Crippen LogP contribution in [0.25, 0.3) is 0 Å². The molecule has 0 unspecified atom stereocenters. The van der Waals surface area contributed by atoms with Crippen molar-refractivity contribution >= 4 is 5.91 Å². The Morgan fingerprint density at radius 2 is 1.73 bits per heavy atom. The van der Waals surface area contributed by atoms with E-state index >= 15 is 0 Å². The summed E-state index contributed by atoms with van der Waals surface area (Å²) in [6.45, 7) is 2.39. The number of benzene rings is 2. The van der Waals surface area contributed by atoms with Gasteiger partial charge in [-0.05, 0) is 48.4 Å². The molecule has 0 spiro atoms. The summed E-state index contributed by atoms with van der Waals surface area (Å²) in [4.78, 5) is 12.3. The molecule has 162 valence electrons. The lowest BCUT2D eigenvalue weighted by Gasteiger charge is -2.26. The van der Waals surface area contributed by atoms with Crippen LogP contribution in [0.15, 0.2) is 30.3 Å². The second kappa shape index (κ2) is 9.87. The lowest BCUT2D eigenvalue weighted by molar-refractivity contribution is 0.0935. The first-order chi connectivity index (χ1) is 14.4. The summed E-state index contributed by atoms with van der Waals surface area (Å²) in [7, 11) is 1.52. The molecule has 1 fully saturated rings. The molecule has 1 N–H and O–H groups in total. The van der Waals surface area contributed by atoms with E-state index in [4.69, 9.17) is 9.47 Å². The molecule has 0 bridgehead atoms. The molecule has 1 aliphatic carbocycles. The Kier molecular flexibility index (Phi) is 7.24. The molecular formula is C23H26F3NO3. The number of carbonyl (C=O) groups is 1. The average Bonchev–Trinajstić information content (AvgIpc) is 2.76. The van der Waals surface area contributed by atoms with Crippen LogP contribution in [0.2, 0.25) is 0 Å². The molecule has 1 saturated carbocycles. The SMILES string of the molecule is COc1ccc(COc2c(F)cc(C(=O)NCC3CCC(C)CC3)c(F)c2F)cc1. The number of amides is 1. The Hall–Kier alpha value is -2.70. The molecule has 1 aliphatic rings. The second-order valence-corrected chi connectivity index (χ2v) is 7.84. The topological polar surface area (TPSA) is 47.6 Å². The third-order valence-corrected chi connectivity index (χ3v) is 5.59. The van der Waals surface area contributed by atoms with E-state index in [1.165, 1.54) is 7.11 Å². The number of hydrogen-bond donors (Lipinski definition) is 1. The molecule has 0 heterocycles. The zero-order valence-electron chi connectivity index (χ0n) is 17.1. The summed E-state index contributed by atoms with van der Waals surface area (Å²) in [6.07, 6.45) is 4.12. The first-order valence-corrected chi connectivity index (χ1v) is 10.1. The molecule has 3 rings (SSSR count). The smallest absolute Gasteiger partial charge is 0.254 e. The predicted molar refractivity (Wildman–Crippen MR) is 107 cm³/mol. The Balaban J connectivity index is 1.65. The number of rotatable bonds is 7. The largest absolute Gasteiger partial charge is 0.497 e. The van der Waals surface area contributed by atoms with Gasteiger partial charge in [0.15, 0.2) is 17.4 Å². The molecule has 0 saturated heterocycles. The second-order valence-electron chi connectivity index (χ2n) is 7.84. The van der Waals surface area contributed by atoms with E-state index in [-0.39, 0.29) is 6.61 Å². The van der Waals surface area contributed by atoms with Gasteiger partial charge >= 0.3 is 0 Å². The summed E-state index contributed by atoms with van der Waals surface area (Å²) < 4.78 is 53.4. The Morgan fingerprint density at radius 1 is 1.07 bits per heavy atom. The van der Waals surface area contributed by atoms with Crippen LogP contribution in [0.1, 0.15) is 48.5 Å². The van der Waals surface area contributed by atoms with Crippen LogP contribution in [0.3, 0.4) is 0 Å². The molecule has 0 aromatic heterocycles. The molecule has 1 amide bonds. The maximum atomic E-state index is 14.4. The van der Waals surface area contributed by atoms with E-state index in [0.717, 1.165) is 25.7 Å². The molecule has 4 nitrogen and oxygen atoms in total. The monoisotopic (exact) mass is 421 g/mol. The molecule has 0 radical (unpaired) electrons. The fraction of sp³-hybridized carbons (Fsp3) is 0.435. The van der Waals surface area contributed by atoms with Gasteiger partial charge in [0.05, 0.1) is 12.7 Å². The van der Waals surface area contributed by atoms with Gasteiger partial charge < -0.3 is 14.8 Å². The number of methoxy groups -OCH3 is 1. The van der Waals surface area contributed by atoms with Crippen LogP contribution in [0.4, 0.5) is 13.2 Å². The highest BCUT2D eigenvalue weighted by Crippen LogP contribution is 2.29. The van der Waals surface area contributed by atoms with Crippen molar-refractivity contribution in [3.05, 3.63) is 58.9 Å². The van der Waals surface area contributed by atoms with E-state index in [1.54, 1.807) is 24.3 Å². The molecule has 7 heteroatoms. The lowest BCUT2D eigenvalue weighted by atomic mass is 9.83. The minimum atomic E-state index is -1.51. The fourth-order valence-corrected chi connectivity index (χ4v) is 3.62. The summed E-state index contributed by atoms with van der Waals surface area (Å²) in [5, 5.41) is 2.60. The minimum absolute atomic E-state index is 0.164. The quantitative estimate of drug-likeness (QED) is 0.622. The first-order valence-electron chi connectivity index (χ1n) is 10.1. The van der Waals surface area contributed by atoms with Gasteiger partial charge in [0.2, 0.25) is 5.82 Å². The average molecular weight is 421 g/mol. The van der Waals surface area contributed by atoms with Crippen LogP contribution >= 0.6 is 0 Å². The normalized spacial score (nSPS) is 18.7. The first kappa shape index (κ1) is 22.0. The summed E-state index contributed by atoms with van der Waals surface area (Å²) in [6, 6.07) is 7.36. The van der Waals surface area contributed by atoms with Crippen molar-refractivity contribution < 1.29 is 27.4 Å². The van der Waals surface area contributed by atoms with Gasteiger partial charge in [-0.15, -0.1) is 0 Å². The van der Waals surface area contributed by atoms with Crippen LogP contribution in [0, 0.1) is 29.3 Å². The summed E-state index contributed by atoms with van der Waals surface area (Å²) in [5.41, 5.74) is -0.0374. The third-order valence-electron chi connectivity index (χ3n) is 5.59. The van der Waals surface area contributed by atoms with Gasteiger partial charge in [-0.25, -0.2) is 8.78 Å². The summed E-state index contributed by atoms with van der Waals surface area (Å²) >= 11 is 0. The van der Waals surface area contributed by atoms with Crippen molar-refractivity contribution in [3.63, 3.8) is 0 Å². The van der Waals surface area contributed by atoms with E-state index in [9.17, 15) is 18.0 Å². The van der Waals surface area contributed by atoms with Crippen molar-refractivity contribution in [1.29, 1.82) is 0 Å². The van der Waals surface area contributed by atoms with Gasteiger partial charge in [-0.2, -0.15) is 4.39 Å². The highest BCUT2D eigenvalue weighted by molar-refractivity contribution is 5.94. The summed E-state index contributed by atoms with van der Waals surface area (Å²) in [5.74, 6) is -4.14. The maximum absolute atomic E-state index is 14.4. The highest BCUT2D eigenvalue weighted by Gasteiger charge is 2.25. The number of carbonyl (C=O) groups excluding carboxylic acids is 1. The van der Waals surface area contributed by atoms with Gasteiger partial charge in [0, 0.05) is 6.54 Å². The standard InChI is InChI=1S/C23H26F3NO3/c1-14-3-5-15(6-4-14)12-27-23(28)18-11-19(24)22(21(26)20(18)25)30-13-16-7-9-17(29-2)10-8-16/h7-11,14-15H,3-6,12-13H2,1-2H3,(H,27,28). The lowest BCUT2D eigenvalue weighted by Crippen LogP contribution is -2.32. The van der Waals surface area contributed by atoms with Crippen molar-refractivity contribution in [2.24, 2.45) is 11.8 Å². The highest BCUT2D eigenvalue weighted by atomic mass is 19.2. The molecule has 0 aliphatic heterocycles. The zero-order chi connectivity index (χ0) is 21.7. The van der Waals surface area contributed by atoms with Crippen LogP contribution in [0.5, 0.6) is 11.5 Å². The Bertz CT molecular complexity index is 878. The number of hydrogen-bond acceptors (Lipinski definition) is 3. The number of halogens is 3. The van der Waals surface area contributed by atoms with Crippen molar-refractivity contribution in [3.8, 4) is 11.5 Å². The van der Waals surface area contributed by atoms with E-state index in [1.807, 2.05) is 0 Å². The number of nitrogens with one attached hydrogen (secondary N) is 1. The van der Waals surface area contributed by atoms with Crippen LogP contribution in [-0.4, -0.2) is 19.6 Å². The molecular weight excluding hydrogens is 395 g/mol. The van der Waals surface area contributed by atoms with Gasteiger partial charge in [-0.3, -0.25) is 4.79 Å². The van der Waals surface area contributed by atoms with E-state index in [0.29, 0.717) is 35.8 Å². The van der Waals surface area contributed by atoms with Crippen LogP contribution < -0.4 is 14.8 Å². The zero-order valence-corrected chi connectivity index (χ0v) is 17.1. The van der Waals surface area contributed by atoms with Gasteiger partial charge in [0.25, 0.3) is 5.91 Å². The van der Waals surface area contributed by atoms with Gasteiger partial charge in [0.1, 0.15) is 12.4 Å². The Morgan fingerprint density at radius 3 is 2.37 bits per heavy atom. The fourth-order valence-electron chi connectivity index (χ4n) is 3.62. The maximum Gasteiger partial charge on any atom is 0.254 e. The van der Waals surface area contributed by atoms with Gasteiger partial charge in [-0.1, -0.05) is 31.9 Å².